The Labute approximate surface area is 80.9 Å². The van der Waals surface area contributed by atoms with Gasteiger partial charge in [-0.3, -0.25) is 0 Å². The van der Waals surface area contributed by atoms with E-state index in [1.807, 2.05) is 19.1 Å². The molecule has 0 saturated heterocycles. The summed E-state index contributed by atoms with van der Waals surface area (Å²) < 4.78 is 6.41. The van der Waals surface area contributed by atoms with Crippen LogP contribution in [0.25, 0.3) is 10.1 Å². The first-order valence-corrected chi connectivity index (χ1v) is 4.86. The summed E-state index contributed by atoms with van der Waals surface area (Å²) >= 11 is 1.59. The van der Waals surface area contributed by atoms with Crippen molar-refractivity contribution in [2.45, 2.75) is 6.92 Å². The van der Waals surface area contributed by atoms with E-state index in [4.69, 9.17) is 10.5 Å². The second-order valence-electron chi connectivity index (χ2n) is 3.01. The molecule has 0 unspecified atom stereocenters. The third-order valence-electron chi connectivity index (χ3n) is 2.05. The van der Waals surface area contributed by atoms with Crippen LogP contribution in [0.2, 0.25) is 0 Å². The third kappa shape index (κ3) is 1.35. The SMILES string of the molecule is COc1cc2sc(N)cc2cc1C. The number of fused-ring (bicyclic) bond motifs is 1. The van der Waals surface area contributed by atoms with Gasteiger partial charge in [0.05, 0.1) is 12.1 Å². The maximum Gasteiger partial charge on any atom is 0.123 e. The van der Waals surface area contributed by atoms with Crippen LogP contribution in [0.3, 0.4) is 0 Å². The number of nitrogens with two attached hydrogens (primary N) is 1. The number of nitrogen functional groups attached to an aromatic ring is 1. The zero-order valence-corrected chi connectivity index (χ0v) is 8.44. The van der Waals surface area contributed by atoms with Gasteiger partial charge >= 0.3 is 0 Å². The first kappa shape index (κ1) is 8.38. The van der Waals surface area contributed by atoms with Gasteiger partial charge in [0.25, 0.3) is 0 Å². The summed E-state index contributed by atoms with van der Waals surface area (Å²) in [5.74, 6) is 0.925. The molecular weight excluding hydrogens is 182 g/mol. The molecule has 0 aliphatic carbocycles. The van der Waals surface area contributed by atoms with Gasteiger partial charge < -0.3 is 10.5 Å². The van der Waals surface area contributed by atoms with E-state index in [2.05, 4.69) is 6.07 Å². The Morgan fingerprint density at radius 1 is 1.31 bits per heavy atom. The summed E-state index contributed by atoms with van der Waals surface area (Å²) in [7, 11) is 1.69. The Bertz CT molecular complexity index is 447. The lowest BCUT2D eigenvalue weighted by Crippen LogP contribution is -1.85. The van der Waals surface area contributed by atoms with Crippen molar-refractivity contribution in [1.82, 2.24) is 0 Å². The lowest BCUT2D eigenvalue weighted by Gasteiger charge is -2.03. The average Bonchev–Trinajstić information content (AvgIpc) is 2.42. The Morgan fingerprint density at radius 2 is 2.08 bits per heavy atom. The molecule has 0 bridgehead atoms. The fourth-order valence-corrected chi connectivity index (χ4v) is 2.26. The standard InChI is InChI=1S/C10H11NOS/c1-6-3-7-4-10(11)13-9(7)5-8(6)12-2/h3-5H,11H2,1-2H3. The topological polar surface area (TPSA) is 35.2 Å². The van der Waals surface area contributed by atoms with Crippen molar-refractivity contribution in [1.29, 1.82) is 0 Å². The van der Waals surface area contributed by atoms with Gasteiger partial charge in [-0.25, -0.2) is 0 Å². The molecule has 0 spiro atoms. The predicted molar refractivity (Wildman–Crippen MR) is 57.5 cm³/mol. The quantitative estimate of drug-likeness (QED) is 0.755. The molecule has 13 heavy (non-hydrogen) atoms. The zero-order valence-electron chi connectivity index (χ0n) is 7.63. The Balaban J connectivity index is 2.72. The molecule has 2 N–H and O–H groups in total. The van der Waals surface area contributed by atoms with E-state index >= 15 is 0 Å². The summed E-state index contributed by atoms with van der Waals surface area (Å²) in [4.78, 5) is 0. The van der Waals surface area contributed by atoms with E-state index in [0.717, 1.165) is 16.3 Å². The predicted octanol–water partition coefficient (Wildman–Crippen LogP) is 2.80. The molecule has 0 atom stereocenters. The normalized spacial score (nSPS) is 10.6. The maximum atomic E-state index is 5.71. The minimum absolute atomic E-state index is 0.850. The van der Waals surface area contributed by atoms with E-state index in [0.29, 0.717) is 0 Å². The van der Waals surface area contributed by atoms with Crippen molar-refractivity contribution in [2.24, 2.45) is 0 Å². The van der Waals surface area contributed by atoms with Crippen LogP contribution in [0.5, 0.6) is 5.75 Å². The fraction of sp³-hybridized carbons (Fsp3) is 0.200. The van der Waals surface area contributed by atoms with Crippen molar-refractivity contribution < 1.29 is 4.74 Å². The van der Waals surface area contributed by atoms with Gasteiger partial charge in [-0.1, -0.05) is 0 Å². The molecule has 2 nitrogen and oxygen atoms in total. The highest BCUT2D eigenvalue weighted by Gasteiger charge is 2.03. The highest BCUT2D eigenvalue weighted by atomic mass is 32.1. The van der Waals surface area contributed by atoms with Gasteiger partial charge in [-0.2, -0.15) is 0 Å². The highest BCUT2D eigenvalue weighted by Crippen LogP contribution is 2.32. The van der Waals surface area contributed by atoms with Crippen LogP contribution in [0.15, 0.2) is 18.2 Å². The number of benzene rings is 1. The van der Waals surface area contributed by atoms with E-state index in [1.165, 1.54) is 10.1 Å². The van der Waals surface area contributed by atoms with Crippen LogP contribution in [0, 0.1) is 6.92 Å². The van der Waals surface area contributed by atoms with E-state index in [1.54, 1.807) is 18.4 Å². The second kappa shape index (κ2) is 2.92. The molecule has 1 aromatic carbocycles. The van der Waals surface area contributed by atoms with E-state index in [9.17, 15) is 0 Å². The zero-order chi connectivity index (χ0) is 9.42. The van der Waals surface area contributed by atoms with Crippen LogP contribution in [-0.4, -0.2) is 7.11 Å². The van der Waals surface area contributed by atoms with Gasteiger partial charge in [-0.05, 0) is 36.1 Å². The van der Waals surface area contributed by atoms with Crippen LogP contribution in [-0.2, 0) is 0 Å². The van der Waals surface area contributed by atoms with Crippen molar-refractivity contribution in [3.8, 4) is 5.75 Å². The summed E-state index contributed by atoms with van der Waals surface area (Å²) in [6.45, 7) is 2.03. The Morgan fingerprint density at radius 3 is 2.77 bits per heavy atom. The number of hydrogen-bond donors (Lipinski definition) is 1. The molecule has 2 rings (SSSR count). The number of ether oxygens (including phenoxy) is 1. The smallest absolute Gasteiger partial charge is 0.123 e. The Kier molecular flexibility index (Phi) is 1.88. The van der Waals surface area contributed by atoms with E-state index in [-0.39, 0.29) is 0 Å². The van der Waals surface area contributed by atoms with Gasteiger partial charge in [0.2, 0.25) is 0 Å². The van der Waals surface area contributed by atoms with Gasteiger partial charge in [-0.15, -0.1) is 11.3 Å². The summed E-state index contributed by atoms with van der Waals surface area (Å²) in [5.41, 5.74) is 6.86. The minimum Gasteiger partial charge on any atom is -0.496 e. The number of anilines is 1. The average molecular weight is 193 g/mol. The lowest BCUT2D eigenvalue weighted by atomic mass is 10.2. The molecule has 0 fully saturated rings. The van der Waals surface area contributed by atoms with Crippen molar-refractivity contribution in [3.63, 3.8) is 0 Å². The number of hydrogen-bond acceptors (Lipinski definition) is 3. The van der Waals surface area contributed by atoms with Crippen molar-refractivity contribution in [3.05, 3.63) is 23.8 Å². The van der Waals surface area contributed by atoms with Crippen molar-refractivity contribution >= 4 is 26.4 Å². The van der Waals surface area contributed by atoms with Crippen LogP contribution < -0.4 is 10.5 Å². The molecule has 2 aromatic rings. The molecule has 0 aliphatic rings. The van der Waals surface area contributed by atoms with Crippen molar-refractivity contribution in [2.75, 3.05) is 12.8 Å². The molecule has 3 heteroatoms. The van der Waals surface area contributed by atoms with Gasteiger partial charge in [0, 0.05) is 4.70 Å². The number of methoxy groups -OCH3 is 1. The van der Waals surface area contributed by atoms with Crippen LogP contribution in [0.1, 0.15) is 5.56 Å². The Hall–Kier alpha value is -1.22. The molecular formula is C10H11NOS. The second-order valence-corrected chi connectivity index (χ2v) is 4.12. The van der Waals surface area contributed by atoms with Gasteiger partial charge in [0.15, 0.2) is 0 Å². The summed E-state index contributed by atoms with van der Waals surface area (Å²) in [5, 5.41) is 2.04. The minimum atomic E-state index is 0.850. The molecule has 1 aromatic heterocycles. The first-order valence-electron chi connectivity index (χ1n) is 4.04. The molecule has 0 radical (unpaired) electrons. The van der Waals surface area contributed by atoms with Crippen LogP contribution >= 0.6 is 11.3 Å². The summed E-state index contributed by atoms with van der Waals surface area (Å²) in [6, 6.07) is 6.12. The maximum absolute atomic E-state index is 5.71. The molecule has 0 aliphatic heterocycles. The number of aryl methyl sites for hydroxylation is 1. The third-order valence-corrected chi connectivity index (χ3v) is 2.98. The van der Waals surface area contributed by atoms with E-state index < -0.39 is 0 Å². The first-order chi connectivity index (χ1) is 6.20. The number of rotatable bonds is 1. The summed E-state index contributed by atoms with van der Waals surface area (Å²) in [6.07, 6.45) is 0. The monoisotopic (exact) mass is 193 g/mol. The fourth-order valence-electron chi connectivity index (χ4n) is 1.42. The molecule has 1 heterocycles. The van der Waals surface area contributed by atoms with Gasteiger partial charge in [0.1, 0.15) is 5.75 Å². The lowest BCUT2D eigenvalue weighted by molar-refractivity contribution is 0.412. The number of thiophene rings is 1. The molecule has 0 saturated carbocycles. The van der Waals surface area contributed by atoms with Crippen LogP contribution in [0.4, 0.5) is 5.00 Å². The largest absolute Gasteiger partial charge is 0.496 e. The highest BCUT2D eigenvalue weighted by molar-refractivity contribution is 7.22. The molecule has 68 valence electrons. The molecule has 0 amide bonds.